The quantitative estimate of drug-likeness (QED) is 0.633. The number of imidazole rings is 1. The molecule has 162 valence electrons. The lowest BCUT2D eigenvalue weighted by Gasteiger charge is -2.29. The van der Waals surface area contributed by atoms with E-state index >= 15 is 0 Å². The van der Waals surface area contributed by atoms with Crippen LogP contribution in [0.4, 0.5) is 5.69 Å². The van der Waals surface area contributed by atoms with E-state index in [1.807, 2.05) is 18.2 Å². The van der Waals surface area contributed by atoms with E-state index in [2.05, 4.69) is 14.8 Å². The molecule has 2 aromatic carbocycles. The van der Waals surface area contributed by atoms with Crippen LogP contribution in [0.5, 0.6) is 5.75 Å². The first-order valence-electron chi connectivity index (χ1n) is 10.7. The van der Waals surface area contributed by atoms with Crippen molar-refractivity contribution in [2.24, 2.45) is 0 Å². The zero-order valence-electron chi connectivity index (χ0n) is 17.2. The monoisotopic (exact) mass is 440 g/mol. The van der Waals surface area contributed by atoms with Crippen LogP contribution in [0.25, 0.3) is 11.0 Å². The van der Waals surface area contributed by atoms with E-state index in [0.717, 1.165) is 62.5 Å². The van der Waals surface area contributed by atoms with Crippen molar-refractivity contribution < 1.29 is 14.3 Å². The second kappa shape index (κ2) is 8.86. The molecule has 3 aromatic rings. The number of ether oxygens (including phenoxy) is 2. The van der Waals surface area contributed by atoms with Crippen LogP contribution in [-0.2, 0) is 22.6 Å². The number of rotatable bonds is 6. The molecule has 2 aliphatic rings. The lowest BCUT2D eigenvalue weighted by Crippen LogP contribution is -2.38. The van der Waals surface area contributed by atoms with Crippen LogP contribution in [0, 0.1) is 0 Å². The number of anilines is 1. The highest BCUT2D eigenvalue weighted by atomic mass is 35.5. The normalized spacial score (nSPS) is 18.8. The minimum atomic E-state index is -0.221. The van der Waals surface area contributed by atoms with Crippen molar-refractivity contribution in [3.8, 4) is 5.75 Å². The van der Waals surface area contributed by atoms with Gasteiger partial charge in [-0.3, -0.25) is 9.69 Å². The number of benzene rings is 2. The molecule has 0 radical (unpaired) electrons. The van der Waals surface area contributed by atoms with E-state index in [0.29, 0.717) is 22.6 Å². The summed E-state index contributed by atoms with van der Waals surface area (Å²) in [4.78, 5) is 19.5. The van der Waals surface area contributed by atoms with Crippen LogP contribution < -0.4 is 10.1 Å². The average Bonchev–Trinajstić information content (AvgIpc) is 3.40. The first-order chi connectivity index (χ1) is 15.1. The molecule has 3 heterocycles. The Balaban J connectivity index is 1.22. The van der Waals surface area contributed by atoms with Crippen molar-refractivity contribution in [1.82, 2.24) is 14.5 Å². The van der Waals surface area contributed by atoms with E-state index in [9.17, 15) is 4.79 Å². The van der Waals surface area contributed by atoms with Crippen LogP contribution in [-0.4, -0.2) is 52.8 Å². The average molecular weight is 441 g/mol. The zero-order valence-corrected chi connectivity index (χ0v) is 18.0. The SMILES string of the molecule is O=C(COc1ccc(Cl)cc1)Nc1ccc2c(c1)nc1n2CCN(CC2CCCO2)C1. The fraction of sp³-hybridized carbons (Fsp3) is 0.391. The summed E-state index contributed by atoms with van der Waals surface area (Å²) in [5.74, 6) is 1.44. The lowest BCUT2D eigenvalue weighted by atomic mass is 10.2. The van der Waals surface area contributed by atoms with Gasteiger partial charge in [-0.15, -0.1) is 0 Å². The minimum absolute atomic E-state index is 0.0719. The van der Waals surface area contributed by atoms with Gasteiger partial charge < -0.3 is 19.4 Å². The third-order valence-corrected chi connectivity index (χ3v) is 6.04. The molecule has 1 amide bonds. The topological polar surface area (TPSA) is 68.6 Å². The summed E-state index contributed by atoms with van der Waals surface area (Å²) in [5.41, 5.74) is 2.71. The molecule has 1 unspecified atom stereocenters. The molecule has 1 fully saturated rings. The molecular weight excluding hydrogens is 416 g/mol. The summed E-state index contributed by atoms with van der Waals surface area (Å²) >= 11 is 5.86. The van der Waals surface area contributed by atoms with Crippen molar-refractivity contribution in [2.75, 3.05) is 31.6 Å². The second-order valence-corrected chi connectivity index (χ2v) is 8.48. The number of carbonyl (C=O) groups is 1. The number of nitrogens with one attached hydrogen (secondary N) is 1. The molecule has 7 nitrogen and oxygen atoms in total. The van der Waals surface area contributed by atoms with Crippen LogP contribution in [0.15, 0.2) is 42.5 Å². The molecule has 0 bridgehead atoms. The number of amides is 1. The summed E-state index contributed by atoms with van der Waals surface area (Å²) in [7, 11) is 0. The fourth-order valence-electron chi connectivity index (χ4n) is 4.26. The third-order valence-electron chi connectivity index (χ3n) is 5.79. The molecule has 1 aromatic heterocycles. The lowest BCUT2D eigenvalue weighted by molar-refractivity contribution is -0.118. The highest BCUT2D eigenvalue weighted by Crippen LogP contribution is 2.25. The maximum Gasteiger partial charge on any atom is 0.262 e. The third kappa shape index (κ3) is 4.69. The van der Waals surface area contributed by atoms with Gasteiger partial charge in [0.1, 0.15) is 11.6 Å². The van der Waals surface area contributed by atoms with E-state index in [4.69, 9.17) is 26.1 Å². The summed E-state index contributed by atoms with van der Waals surface area (Å²) < 4.78 is 13.6. The Morgan fingerprint density at radius 2 is 2.10 bits per heavy atom. The number of fused-ring (bicyclic) bond motifs is 3. The minimum Gasteiger partial charge on any atom is -0.484 e. The molecule has 5 rings (SSSR count). The number of hydrogen-bond donors (Lipinski definition) is 1. The Hall–Kier alpha value is -2.61. The van der Waals surface area contributed by atoms with Crippen LogP contribution in [0.2, 0.25) is 5.02 Å². The van der Waals surface area contributed by atoms with Gasteiger partial charge in [-0.05, 0) is 55.3 Å². The van der Waals surface area contributed by atoms with E-state index in [1.165, 1.54) is 0 Å². The predicted molar refractivity (Wildman–Crippen MR) is 120 cm³/mol. The van der Waals surface area contributed by atoms with E-state index in [-0.39, 0.29) is 12.5 Å². The molecule has 0 spiro atoms. The number of carbonyl (C=O) groups excluding carboxylic acids is 1. The van der Waals surface area contributed by atoms with Gasteiger partial charge in [0.25, 0.3) is 5.91 Å². The largest absolute Gasteiger partial charge is 0.484 e. The summed E-state index contributed by atoms with van der Waals surface area (Å²) in [6.07, 6.45) is 2.67. The molecule has 1 N–H and O–H groups in total. The zero-order chi connectivity index (χ0) is 21.2. The van der Waals surface area contributed by atoms with Gasteiger partial charge in [-0.1, -0.05) is 11.6 Å². The smallest absolute Gasteiger partial charge is 0.262 e. The Bertz CT molecular complexity index is 1080. The summed E-state index contributed by atoms with van der Waals surface area (Å²) in [6, 6.07) is 12.8. The van der Waals surface area contributed by atoms with Crippen molar-refractivity contribution in [2.45, 2.75) is 32.0 Å². The van der Waals surface area contributed by atoms with E-state index in [1.54, 1.807) is 24.3 Å². The van der Waals surface area contributed by atoms with Gasteiger partial charge in [-0.2, -0.15) is 0 Å². The summed E-state index contributed by atoms with van der Waals surface area (Å²) in [5, 5.41) is 3.51. The highest BCUT2D eigenvalue weighted by Gasteiger charge is 2.24. The summed E-state index contributed by atoms with van der Waals surface area (Å²) in [6.45, 7) is 4.52. The van der Waals surface area contributed by atoms with Crippen molar-refractivity contribution >= 4 is 34.2 Å². The predicted octanol–water partition coefficient (Wildman–Crippen LogP) is 3.70. The molecule has 2 aliphatic heterocycles. The van der Waals surface area contributed by atoms with Gasteiger partial charge in [0.15, 0.2) is 6.61 Å². The van der Waals surface area contributed by atoms with Crippen LogP contribution in [0.3, 0.4) is 0 Å². The van der Waals surface area contributed by atoms with Gasteiger partial charge >= 0.3 is 0 Å². The van der Waals surface area contributed by atoms with Gasteiger partial charge in [-0.25, -0.2) is 4.98 Å². The fourth-order valence-corrected chi connectivity index (χ4v) is 4.38. The van der Waals surface area contributed by atoms with Gasteiger partial charge in [0, 0.05) is 37.0 Å². The van der Waals surface area contributed by atoms with Gasteiger partial charge in [0.05, 0.1) is 23.7 Å². The highest BCUT2D eigenvalue weighted by molar-refractivity contribution is 6.30. The number of hydrogen-bond acceptors (Lipinski definition) is 5. The van der Waals surface area contributed by atoms with Crippen molar-refractivity contribution in [3.63, 3.8) is 0 Å². The van der Waals surface area contributed by atoms with Crippen LogP contribution in [0.1, 0.15) is 18.7 Å². The van der Waals surface area contributed by atoms with Crippen molar-refractivity contribution in [3.05, 3.63) is 53.3 Å². The molecule has 1 saturated heterocycles. The van der Waals surface area contributed by atoms with Crippen LogP contribution >= 0.6 is 11.6 Å². The molecular formula is C23H25ClN4O3. The van der Waals surface area contributed by atoms with E-state index < -0.39 is 0 Å². The Kier molecular flexibility index (Phi) is 5.80. The first-order valence-corrected chi connectivity index (χ1v) is 11.0. The Morgan fingerprint density at radius 3 is 2.90 bits per heavy atom. The number of nitrogens with zero attached hydrogens (tertiary/aromatic N) is 3. The molecule has 31 heavy (non-hydrogen) atoms. The molecule has 1 atom stereocenters. The molecule has 0 saturated carbocycles. The van der Waals surface area contributed by atoms with Crippen molar-refractivity contribution in [1.29, 1.82) is 0 Å². The second-order valence-electron chi connectivity index (χ2n) is 8.04. The Labute approximate surface area is 185 Å². The number of halogens is 1. The molecule has 8 heteroatoms. The first kappa shape index (κ1) is 20.3. The Morgan fingerprint density at radius 1 is 1.23 bits per heavy atom. The maximum absolute atomic E-state index is 12.3. The van der Waals surface area contributed by atoms with Gasteiger partial charge in [0.2, 0.25) is 0 Å². The standard InChI is InChI=1S/C23H25ClN4O3/c24-16-3-6-18(7-4-16)31-15-23(29)25-17-5-8-21-20(12-17)26-22-14-27(9-10-28(21)22)13-19-2-1-11-30-19/h3-8,12,19H,1-2,9-11,13-15H2,(H,25,29). The molecule has 0 aliphatic carbocycles. The number of aromatic nitrogens is 2. The maximum atomic E-state index is 12.3.